The van der Waals surface area contributed by atoms with Gasteiger partial charge in [-0.3, -0.25) is 0 Å². The maximum absolute atomic E-state index is 4.07. The van der Waals surface area contributed by atoms with E-state index in [1.165, 1.54) is 84.8 Å². The number of rotatable bonds is 17. The first kappa shape index (κ1) is 30.4. The van der Waals surface area contributed by atoms with Gasteiger partial charge in [-0.15, -0.1) is 0 Å². The van der Waals surface area contributed by atoms with Crippen LogP contribution >= 0.6 is 0 Å². The van der Waals surface area contributed by atoms with Gasteiger partial charge < -0.3 is 0 Å². The minimum Gasteiger partial charge on any atom is -0.0999 e. The summed E-state index contributed by atoms with van der Waals surface area (Å²) < 4.78 is 0. The van der Waals surface area contributed by atoms with Gasteiger partial charge in [0.2, 0.25) is 0 Å². The fourth-order valence-electron chi connectivity index (χ4n) is 3.54. The molecule has 0 heteroatoms. The van der Waals surface area contributed by atoms with Crippen LogP contribution in [0, 0.1) is 11.8 Å². The summed E-state index contributed by atoms with van der Waals surface area (Å²) >= 11 is 0. The largest absolute Gasteiger partial charge is 0.0999 e. The Bertz CT molecular complexity index is 617. The normalized spacial score (nSPS) is 15.6. The summed E-state index contributed by atoms with van der Waals surface area (Å²) in [5, 5.41) is 0. The predicted molar refractivity (Wildman–Crippen MR) is 149 cm³/mol. The molecule has 0 nitrogen and oxygen atoms in total. The number of allylic oxidation sites excluding steroid dienone is 10. The Kier molecular flexibility index (Phi) is 17.1. The molecule has 0 saturated heterocycles. The zero-order valence-corrected chi connectivity index (χ0v) is 22.9. The Balaban J connectivity index is 4.10. The van der Waals surface area contributed by atoms with Crippen LogP contribution < -0.4 is 0 Å². The molecule has 0 spiro atoms. The second-order valence-corrected chi connectivity index (χ2v) is 10.4. The van der Waals surface area contributed by atoms with Gasteiger partial charge in [-0.05, 0) is 118 Å². The monoisotopic (exact) mass is 438 g/mol. The summed E-state index contributed by atoms with van der Waals surface area (Å²) in [6, 6.07) is 0. The minimum absolute atomic E-state index is 0.632. The highest BCUT2D eigenvalue weighted by Gasteiger charge is 2.03. The van der Waals surface area contributed by atoms with E-state index in [0.29, 0.717) is 11.8 Å². The van der Waals surface area contributed by atoms with E-state index in [0.717, 1.165) is 12.8 Å². The maximum atomic E-state index is 4.07. The van der Waals surface area contributed by atoms with Crippen molar-refractivity contribution < 1.29 is 0 Å². The molecule has 0 aliphatic rings. The number of hydrogen-bond acceptors (Lipinski definition) is 0. The third-order valence-electron chi connectivity index (χ3n) is 6.84. The zero-order valence-electron chi connectivity index (χ0n) is 22.9. The van der Waals surface area contributed by atoms with Crippen LogP contribution in [0.2, 0.25) is 0 Å². The smallest absolute Gasteiger partial charge is 0.0234 e. The van der Waals surface area contributed by atoms with Crippen molar-refractivity contribution in [3.05, 3.63) is 70.9 Å². The van der Waals surface area contributed by atoms with E-state index in [1.807, 2.05) is 0 Å². The topological polar surface area (TPSA) is 0 Å². The van der Waals surface area contributed by atoms with Crippen LogP contribution in [0.25, 0.3) is 0 Å². The van der Waals surface area contributed by atoms with E-state index in [4.69, 9.17) is 0 Å². The molecule has 0 saturated carbocycles. The average Bonchev–Trinajstić information content (AvgIpc) is 2.73. The highest BCUT2D eigenvalue weighted by Crippen LogP contribution is 2.20. The summed E-state index contributed by atoms with van der Waals surface area (Å²) in [5.41, 5.74) is 8.71. The third kappa shape index (κ3) is 17.0. The fraction of sp³-hybridized carbons (Fsp3) is 0.625. The van der Waals surface area contributed by atoms with Gasteiger partial charge in [0.25, 0.3) is 0 Å². The second kappa shape index (κ2) is 17.9. The van der Waals surface area contributed by atoms with E-state index < -0.39 is 0 Å². The maximum Gasteiger partial charge on any atom is -0.0234 e. The first-order valence-corrected chi connectivity index (χ1v) is 13.0. The second-order valence-electron chi connectivity index (χ2n) is 10.4. The average molecular weight is 439 g/mol. The van der Waals surface area contributed by atoms with E-state index in [1.54, 1.807) is 0 Å². The highest BCUT2D eigenvalue weighted by atomic mass is 14.1. The van der Waals surface area contributed by atoms with E-state index in [-0.39, 0.29) is 0 Å². The van der Waals surface area contributed by atoms with Gasteiger partial charge in [0.15, 0.2) is 0 Å². The van der Waals surface area contributed by atoms with Gasteiger partial charge in [-0.2, -0.15) is 0 Å². The molecule has 0 heterocycles. The van der Waals surface area contributed by atoms with Crippen LogP contribution in [-0.4, -0.2) is 0 Å². The first-order chi connectivity index (χ1) is 15.0. The van der Waals surface area contributed by atoms with Gasteiger partial charge in [0.05, 0.1) is 0 Å². The SMILES string of the molecule is C=C(C)C(C)CCC(C)=CCCC(C)=CCCC=C(C)CCC=C(C)CCC(C)C(=C)C. The van der Waals surface area contributed by atoms with Crippen molar-refractivity contribution in [1.29, 1.82) is 0 Å². The van der Waals surface area contributed by atoms with Crippen molar-refractivity contribution in [2.75, 3.05) is 0 Å². The Morgan fingerprint density at radius 1 is 0.500 bits per heavy atom. The number of unbranched alkanes of at least 4 members (excludes halogenated alkanes) is 1. The lowest BCUT2D eigenvalue weighted by Crippen LogP contribution is -1.95. The summed E-state index contributed by atoms with van der Waals surface area (Å²) in [6.45, 7) is 26.1. The molecule has 0 aliphatic heterocycles. The van der Waals surface area contributed by atoms with E-state index >= 15 is 0 Å². The van der Waals surface area contributed by atoms with Crippen LogP contribution in [0.1, 0.15) is 120 Å². The molecule has 182 valence electrons. The Morgan fingerprint density at radius 2 is 0.781 bits per heavy atom. The Labute approximate surface area is 202 Å². The van der Waals surface area contributed by atoms with Crippen LogP contribution in [-0.2, 0) is 0 Å². The zero-order chi connectivity index (χ0) is 24.5. The molecule has 0 rings (SSSR count). The van der Waals surface area contributed by atoms with Crippen molar-refractivity contribution in [3.8, 4) is 0 Å². The molecule has 32 heavy (non-hydrogen) atoms. The number of hydrogen-bond donors (Lipinski definition) is 0. The van der Waals surface area contributed by atoms with Gasteiger partial charge in [0, 0.05) is 0 Å². The molecule has 0 radical (unpaired) electrons. The van der Waals surface area contributed by atoms with Crippen molar-refractivity contribution in [3.63, 3.8) is 0 Å². The summed E-state index contributed by atoms with van der Waals surface area (Å²) in [6.07, 6.45) is 21.6. The lowest BCUT2D eigenvalue weighted by molar-refractivity contribution is 0.611. The Hall–Kier alpha value is -1.56. The summed E-state index contributed by atoms with van der Waals surface area (Å²) in [4.78, 5) is 0. The fourth-order valence-corrected chi connectivity index (χ4v) is 3.54. The van der Waals surface area contributed by atoms with Crippen molar-refractivity contribution in [1.82, 2.24) is 0 Å². The van der Waals surface area contributed by atoms with Gasteiger partial charge in [-0.1, -0.05) is 84.7 Å². The molecule has 0 aromatic rings. The quantitative estimate of drug-likeness (QED) is 0.156. The minimum atomic E-state index is 0.632. The van der Waals surface area contributed by atoms with Crippen LogP contribution in [0.15, 0.2) is 70.9 Å². The van der Waals surface area contributed by atoms with Crippen LogP contribution in [0.3, 0.4) is 0 Å². The van der Waals surface area contributed by atoms with Crippen molar-refractivity contribution in [2.24, 2.45) is 11.8 Å². The van der Waals surface area contributed by atoms with Crippen molar-refractivity contribution in [2.45, 2.75) is 120 Å². The lowest BCUT2D eigenvalue weighted by atomic mass is 9.95. The molecular weight excluding hydrogens is 384 g/mol. The van der Waals surface area contributed by atoms with Gasteiger partial charge >= 0.3 is 0 Å². The van der Waals surface area contributed by atoms with Gasteiger partial charge in [-0.25, -0.2) is 0 Å². The molecule has 0 fully saturated rings. The van der Waals surface area contributed by atoms with E-state index in [2.05, 4.69) is 92.9 Å². The molecule has 2 atom stereocenters. The molecule has 0 N–H and O–H groups in total. The first-order valence-electron chi connectivity index (χ1n) is 13.0. The molecule has 2 unspecified atom stereocenters. The molecule has 0 amide bonds. The molecular formula is C32H54. The van der Waals surface area contributed by atoms with Gasteiger partial charge in [0.1, 0.15) is 0 Å². The van der Waals surface area contributed by atoms with Crippen molar-refractivity contribution >= 4 is 0 Å². The summed E-state index contributed by atoms with van der Waals surface area (Å²) in [7, 11) is 0. The highest BCUT2D eigenvalue weighted by molar-refractivity contribution is 5.07. The molecule has 0 aromatic heterocycles. The lowest BCUT2D eigenvalue weighted by Gasteiger charge is -2.10. The van der Waals surface area contributed by atoms with Crippen LogP contribution in [0.4, 0.5) is 0 Å². The Morgan fingerprint density at radius 3 is 1.09 bits per heavy atom. The summed E-state index contributed by atoms with van der Waals surface area (Å²) in [5.74, 6) is 1.26. The van der Waals surface area contributed by atoms with E-state index in [9.17, 15) is 0 Å². The molecule has 0 aliphatic carbocycles. The van der Waals surface area contributed by atoms with Crippen LogP contribution in [0.5, 0.6) is 0 Å². The predicted octanol–water partition coefficient (Wildman–Crippen LogP) is 11.1. The third-order valence-corrected chi connectivity index (χ3v) is 6.84. The standard InChI is InChI=1S/C32H54/c1-25(2)31(9)23-21-29(7)19-13-17-27(5)15-11-12-16-28(6)18-14-20-30(8)22-24-32(10)26(3)4/h15-16,19-20,31-32H,1,3,11-14,17-18,21-24H2,2,4-10H3. The molecule has 0 bridgehead atoms. The molecule has 0 aromatic carbocycles.